The van der Waals surface area contributed by atoms with Crippen LogP contribution in [0, 0.1) is 0 Å². The standard InChI is InChI=1S/C10H22ClNO2/c1-3-10(11)9-12-5-4-6-14-8-7-13-2/h10,12H,3-9H2,1-2H3. The summed E-state index contributed by atoms with van der Waals surface area (Å²) in [6.45, 7) is 6.09. The van der Waals surface area contributed by atoms with E-state index in [0.717, 1.165) is 32.5 Å². The summed E-state index contributed by atoms with van der Waals surface area (Å²) in [5, 5.41) is 3.54. The third kappa shape index (κ3) is 10.3. The van der Waals surface area contributed by atoms with Gasteiger partial charge in [-0.15, -0.1) is 11.6 Å². The second kappa shape index (κ2) is 11.2. The average molecular weight is 224 g/mol. The van der Waals surface area contributed by atoms with Gasteiger partial charge in [-0.2, -0.15) is 0 Å². The Hall–Kier alpha value is 0.170. The maximum atomic E-state index is 5.94. The van der Waals surface area contributed by atoms with E-state index in [2.05, 4.69) is 12.2 Å². The summed E-state index contributed by atoms with van der Waals surface area (Å²) >= 11 is 5.94. The molecule has 0 bridgehead atoms. The summed E-state index contributed by atoms with van der Waals surface area (Å²) in [6, 6.07) is 0. The second-order valence-electron chi connectivity index (χ2n) is 3.17. The van der Waals surface area contributed by atoms with Gasteiger partial charge < -0.3 is 14.8 Å². The SMILES string of the molecule is CCC(Cl)CNCCCOCCOC. The molecule has 4 heteroatoms. The molecule has 0 radical (unpaired) electrons. The average Bonchev–Trinajstić information content (AvgIpc) is 2.21. The predicted octanol–water partition coefficient (Wildman–Crippen LogP) is 1.65. The van der Waals surface area contributed by atoms with Gasteiger partial charge in [-0.05, 0) is 19.4 Å². The molecule has 0 aliphatic rings. The normalized spacial score (nSPS) is 13.1. The van der Waals surface area contributed by atoms with Crippen LogP contribution in [0.25, 0.3) is 0 Å². The van der Waals surface area contributed by atoms with Crippen molar-refractivity contribution >= 4 is 11.6 Å². The molecule has 0 fully saturated rings. The van der Waals surface area contributed by atoms with E-state index >= 15 is 0 Å². The van der Waals surface area contributed by atoms with Gasteiger partial charge in [-0.1, -0.05) is 6.92 Å². The lowest BCUT2D eigenvalue weighted by Gasteiger charge is -2.08. The van der Waals surface area contributed by atoms with Crippen molar-refractivity contribution in [3.8, 4) is 0 Å². The number of halogens is 1. The van der Waals surface area contributed by atoms with Gasteiger partial charge in [0.2, 0.25) is 0 Å². The van der Waals surface area contributed by atoms with Crippen LogP contribution in [-0.4, -0.2) is 45.4 Å². The van der Waals surface area contributed by atoms with E-state index < -0.39 is 0 Å². The summed E-state index contributed by atoms with van der Waals surface area (Å²) in [4.78, 5) is 0. The van der Waals surface area contributed by atoms with Crippen LogP contribution in [0.2, 0.25) is 0 Å². The monoisotopic (exact) mass is 223 g/mol. The Bertz CT molecular complexity index is 114. The molecule has 0 aliphatic carbocycles. The highest BCUT2D eigenvalue weighted by Crippen LogP contribution is 1.97. The largest absolute Gasteiger partial charge is 0.382 e. The van der Waals surface area contributed by atoms with Crippen molar-refractivity contribution in [3.63, 3.8) is 0 Å². The topological polar surface area (TPSA) is 30.5 Å². The first-order valence-corrected chi connectivity index (χ1v) is 5.66. The molecule has 0 spiro atoms. The Labute approximate surface area is 92.1 Å². The van der Waals surface area contributed by atoms with E-state index in [1.165, 1.54) is 0 Å². The summed E-state index contributed by atoms with van der Waals surface area (Å²) < 4.78 is 10.2. The van der Waals surface area contributed by atoms with Crippen LogP contribution in [-0.2, 0) is 9.47 Å². The molecule has 0 saturated carbocycles. The quantitative estimate of drug-likeness (QED) is 0.451. The van der Waals surface area contributed by atoms with E-state index in [-0.39, 0.29) is 5.38 Å². The maximum Gasteiger partial charge on any atom is 0.0700 e. The number of nitrogens with one attached hydrogen (secondary N) is 1. The van der Waals surface area contributed by atoms with E-state index in [1.54, 1.807) is 7.11 Å². The number of hydrogen-bond acceptors (Lipinski definition) is 3. The van der Waals surface area contributed by atoms with E-state index in [4.69, 9.17) is 21.1 Å². The van der Waals surface area contributed by atoms with Gasteiger partial charge in [0.15, 0.2) is 0 Å². The van der Waals surface area contributed by atoms with Crippen molar-refractivity contribution in [1.29, 1.82) is 0 Å². The zero-order chi connectivity index (χ0) is 10.6. The molecule has 0 aromatic carbocycles. The van der Waals surface area contributed by atoms with Crippen LogP contribution >= 0.6 is 11.6 Å². The molecule has 14 heavy (non-hydrogen) atoms. The number of alkyl halides is 1. The van der Waals surface area contributed by atoms with Gasteiger partial charge in [0.1, 0.15) is 0 Å². The Morgan fingerprint density at radius 3 is 2.71 bits per heavy atom. The Balaban J connectivity index is 2.92. The Morgan fingerprint density at radius 2 is 2.07 bits per heavy atom. The van der Waals surface area contributed by atoms with Crippen molar-refractivity contribution in [3.05, 3.63) is 0 Å². The maximum absolute atomic E-state index is 5.94. The highest BCUT2D eigenvalue weighted by Gasteiger charge is 1.98. The zero-order valence-electron chi connectivity index (χ0n) is 9.22. The van der Waals surface area contributed by atoms with E-state index in [1.807, 2.05) is 0 Å². The molecule has 3 nitrogen and oxygen atoms in total. The molecular formula is C10H22ClNO2. The molecule has 0 aromatic heterocycles. The van der Waals surface area contributed by atoms with Crippen LogP contribution < -0.4 is 5.32 Å². The number of methoxy groups -OCH3 is 1. The van der Waals surface area contributed by atoms with Crippen molar-refractivity contribution in [2.75, 3.05) is 40.0 Å². The molecule has 0 saturated heterocycles. The first-order chi connectivity index (χ1) is 6.81. The number of hydrogen-bond donors (Lipinski definition) is 1. The fourth-order valence-corrected chi connectivity index (χ4v) is 1.06. The first-order valence-electron chi connectivity index (χ1n) is 5.22. The van der Waals surface area contributed by atoms with Crippen molar-refractivity contribution in [1.82, 2.24) is 5.32 Å². The van der Waals surface area contributed by atoms with Gasteiger partial charge in [0.25, 0.3) is 0 Å². The number of rotatable bonds is 10. The summed E-state index contributed by atoms with van der Waals surface area (Å²) in [5.41, 5.74) is 0. The molecular weight excluding hydrogens is 202 g/mol. The third-order valence-electron chi connectivity index (χ3n) is 1.88. The molecule has 0 aromatic rings. The van der Waals surface area contributed by atoms with Crippen molar-refractivity contribution < 1.29 is 9.47 Å². The fourth-order valence-electron chi connectivity index (χ4n) is 0.947. The van der Waals surface area contributed by atoms with E-state index in [0.29, 0.717) is 13.2 Å². The van der Waals surface area contributed by atoms with Crippen LogP contribution in [0.1, 0.15) is 19.8 Å². The summed E-state index contributed by atoms with van der Waals surface area (Å²) in [6.07, 6.45) is 2.04. The molecule has 1 atom stereocenters. The third-order valence-corrected chi connectivity index (χ3v) is 2.35. The lowest BCUT2D eigenvalue weighted by molar-refractivity contribution is 0.0695. The molecule has 0 aliphatic heterocycles. The van der Waals surface area contributed by atoms with Crippen LogP contribution in [0.3, 0.4) is 0 Å². The Morgan fingerprint density at radius 1 is 1.29 bits per heavy atom. The molecule has 0 heterocycles. The minimum Gasteiger partial charge on any atom is -0.382 e. The van der Waals surface area contributed by atoms with Crippen LogP contribution in [0.5, 0.6) is 0 Å². The zero-order valence-corrected chi connectivity index (χ0v) is 9.98. The lowest BCUT2D eigenvalue weighted by atomic mass is 10.3. The molecule has 0 rings (SSSR count). The van der Waals surface area contributed by atoms with E-state index in [9.17, 15) is 0 Å². The predicted molar refractivity (Wildman–Crippen MR) is 60.1 cm³/mol. The molecule has 1 unspecified atom stereocenters. The van der Waals surface area contributed by atoms with Gasteiger partial charge in [-0.25, -0.2) is 0 Å². The summed E-state index contributed by atoms with van der Waals surface area (Å²) in [5.74, 6) is 0. The minimum absolute atomic E-state index is 0.254. The summed E-state index contributed by atoms with van der Waals surface area (Å²) in [7, 11) is 1.68. The number of ether oxygens (including phenoxy) is 2. The highest BCUT2D eigenvalue weighted by atomic mass is 35.5. The first kappa shape index (κ1) is 14.2. The van der Waals surface area contributed by atoms with Crippen molar-refractivity contribution in [2.45, 2.75) is 25.1 Å². The lowest BCUT2D eigenvalue weighted by Crippen LogP contribution is -2.24. The second-order valence-corrected chi connectivity index (χ2v) is 3.79. The fraction of sp³-hybridized carbons (Fsp3) is 1.00. The van der Waals surface area contributed by atoms with Gasteiger partial charge in [0, 0.05) is 25.6 Å². The Kier molecular flexibility index (Phi) is 11.4. The van der Waals surface area contributed by atoms with Crippen molar-refractivity contribution in [2.24, 2.45) is 0 Å². The minimum atomic E-state index is 0.254. The molecule has 0 amide bonds. The van der Waals surface area contributed by atoms with Crippen LogP contribution in [0.15, 0.2) is 0 Å². The molecule has 86 valence electrons. The van der Waals surface area contributed by atoms with Gasteiger partial charge >= 0.3 is 0 Å². The van der Waals surface area contributed by atoms with Crippen LogP contribution in [0.4, 0.5) is 0 Å². The highest BCUT2D eigenvalue weighted by molar-refractivity contribution is 6.20. The smallest absolute Gasteiger partial charge is 0.0700 e. The van der Waals surface area contributed by atoms with Gasteiger partial charge in [0.05, 0.1) is 13.2 Å². The van der Waals surface area contributed by atoms with Gasteiger partial charge in [-0.3, -0.25) is 0 Å². The molecule has 1 N–H and O–H groups in total.